The van der Waals surface area contributed by atoms with Gasteiger partial charge in [0.2, 0.25) is 5.91 Å². The van der Waals surface area contributed by atoms with Crippen molar-refractivity contribution in [3.05, 3.63) is 66.6 Å². The number of benzene rings is 1. The molecule has 1 aromatic heterocycles. The van der Waals surface area contributed by atoms with Gasteiger partial charge in [-0.25, -0.2) is 0 Å². The molecule has 0 aliphatic carbocycles. The van der Waals surface area contributed by atoms with E-state index in [1.54, 1.807) is 0 Å². The van der Waals surface area contributed by atoms with Crippen LogP contribution in [0.1, 0.15) is 57.4 Å². The minimum absolute atomic E-state index is 0. The third kappa shape index (κ3) is 8.09. The van der Waals surface area contributed by atoms with Crippen LogP contribution in [0.3, 0.4) is 0 Å². The number of nitrogens with zero attached hydrogens (tertiary/aromatic N) is 4. The molecule has 0 bridgehead atoms. The van der Waals surface area contributed by atoms with E-state index in [1.165, 1.54) is 5.56 Å². The predicted molar refractivity (Wildman–Crippen MR) is 121 cm³/mol. The van der Waals surface area contributed by atoms with Crippen LogP contribution >= 0.6 is 0 Å². The first-order valence-electron chi connectivity index (χ1n) is 10.5. The maximum absolute atomic E-state index is 12.6. The minimum atomic E-state index is -0.000516. The minimum Gasteiger partial charge on any atom is -0.453 e. The van der Waals surface area contributed by atoms with Crippen LogP contribution in [0.4, 0.5) is 5.69 Å². The summed E-state index contributed by atoms with van der Waals surface area (Å²) in [4.78, 5) is 25.0. The van der Waals surface area contributed by atoms with Gasteiger partial charge < -0.3 is 9.80 Å². The summed E-state index contributed by atoms with van der Waals surface area (Å²) >= 11 is 0. The Morgan fingerprint density at radius 1 is 1.17 bits per heavy atom. The van der Waals surface area contributed by atoms with Gasteiger partial charge in [0.25, 0.3) is 0 Å². The van der Waals surface area contributed by atoms with Crippen molar-refractivity contribution in [2.24, 2.45) is 5.92 Å². The smallest absolute Gasteiger partial charge is 0.231 e. The number of anilines is 1. The maximum atomic E-state index is 12.6. The molecule has 1 aliphatic rings. The second kappa shape index (κ2) is 14.7. The molecule has 1 atom stereocenters. The number of rotatable bonds is 5. The molecular weight excluding hydrogens is 449 g/mol. The van der Waals surface area contributed by atoms with Gasteiger partial charge in [-0.15, -0.1) is 0 Å². The van der Waals surface area contributed by atoms with E-state index in [2.05, 4.69) is 23.1 Å². The van der Waals surface area contributed by atoms with Crippen LogP contribution in [0.2, 0.25) is 0 Å². The number of amides is 1. The van der Waals surface area contributed by atoms with Crippen molar-refractivity contribution in [2.45, 2.75) is 54.9 Å². The van der Waals surface area contributed by atoms with Gasteiger partial charge in [0.1, 0.15) is 5.82 Å². The van der Waals surface area contributed by atoms with Gasteiger partial charge in [-0.05, 0) is 37.6 Å². The van der Waals surface area contributed by atoms with E-state index < -0.39 is 0 Å². The van der Waals surface area contributed by atoms with Crippen LogP contribution < -0.4 is 4.90 Å². The van der Waals surface area contributed by atoms with Gasteiger partial charge >= 0.3 is 0 Å². The Kier molecular flexibility index (Phi) is 14.0. The third-order valence-electron chi connectivity index (χ3n) is 4.38. The van der Waals surface area contributed by atoms with Crippen LogP contribution in [0.5, 0.6) is 0 Å². The second-order valence-corrected chi connectivity index (χ2v) is 6.68. The molecule has 0 N–H and O–H groups in total. The molecule has 1 amide bonds. The van der Waals surface area contributed by atoms with E-state index in [9.17, 15) is 4.79 Å². The van der Waals surface area contributed by atoms with E-state index in [4.69, 9.17) is 0 Å². The molecule has 1 aliphatic heterocycles. The van der Waals surface area contributed by atoms with E-state index in [-0.39, 0.29) is 44.5 Å². The number of aryl methyl sites for hydroxylation is 2. The van der Waals surface area contributed by atoms with Crippen LogP contribution in [-0.2, 0) is 43.9 Å². The molecule has 2 heterocycles. The molecule has 0 saturated carbocycles. The number of carbonyl (C=O) groups excluding carboxylic acids is 1. The Balaban J connectivity index is 0.00000159. The number of para-hydroxylation sites is 1. The van der Waals surface area contributed by atoms with Gasteiger partial charge in [-0.2, -0.15) is 12.5 Å². The van der Waals surface area contributed by atoms with E-state index in [1.807, 2.05) is 89.0 Å². The zero-order valence-electron chi connectivity index (χ0n) is 19.6. The zero-order valence-corrected chi connectivity index (χ0v) is 22.5. The van der Waals surface area contributed by atoms with Gasteiger partial charge in [-0.3, -0.25) is 21.8 Å². The average Bonchev–Trinajstić information content (AvgIpc) is 2.72. The van der Waals surface area contributed by atoms with Gasteiger partial charge in [0.05, 0.1) is 6.67 Å². The van der Waals surface area contributed by atoms with Crippen LogP contribution in [0.15, 0.2) is 30.3 Å². The third-order valence-corrected chi connectivity index (χ3v) is 4.38. The van der Waals surface area contributed by atoms with Crippen molar-refractivity contribution < 1.29 is 37.5 Å². The summed E-state index contributed by atoms with van der Waals surface area (Å²) in [5, 5.41) is 0. The van der Waals surface area contributed by atoms with E-state index in [0.717, 1.165) is 29.3 Å². The molecular formula is C24H36N4OY-2. The molecule has 163 valence electrons. The first-order valence-corrected chi connectivity index (χ1v) is 10.5. The number of aromatic nitrogens is 2. The van der Waals surface area contributed by atoms with Crippen molar-refractivity contribution >= 4 is 11.6 Å². The Hall–Kier alpha value is -1.30. The van der Waals surface area contributed by atoms with E-state index in [0.29, 0.717) is 13.2 Å². The Labute approximate surface area is 208 Å². The topological polar surface area (TPSA) is 49.3 Å². The predicted octanol–water partition coefficient (Wildman–Crippen LogP) is 4.97. The molecule has 3 rings (SSSR count). The molecule has 0 fully saturated rings. The van der Waals surface area contributed by atoms with Gasteiger partial charge in [0, 0.05) is 44.3 Å². The van der Waals surface area contributed by atoms with Crippen LogP contribution in [0, 0.1) is 33.2 Å². The van der Waals surface area contributed by atoms with Crippen molar-refractivity contribution in [1.29, 1.82) is 0 Å². The summed E-state index contributed by atoms with van der Waals surface area (Å²) < 4.78 is 0. The van der Waals surface area contributed by atoms with Gasteiger partial charge in [0.15, 0.2) is 0 Å². The van der Waals surface area contributed by atoms with Crippen LogP contribution in [-0.4, -0.2) is 34.0 Å². The molecule has 1 unspecified atom stereocenters. The number of fused-ring (bicyclic) bond motifs is 1. The molecule has 30 heavy (non-hydrogen) atoms. The largest absolute Gasteiger partial charge is 0.453 e. The monoisotopic (exact) mass is 485 g/mol. The normalized spacial score (nSPS) is 14.5. The summed E-state index contributed by atoms with van der Waals surface area (Å²) in [5.41, 5.74) is 4.04. The second-order valence-electron chi connectivity index (χ2n) is 6.68. The first kappa shape index (κ1) is 28.7. The fraction of sp³-hybridized carbons (Fsp3) is 0.458. The molecule has 1 radical (unpaired) electrons. The van der Waals surface area contributed by atoms with Crippen molar-refractivity contribution in [2.75, 3.05) is 18.1 Å². The van der Waals surface area contributed by atoms with Gasteiger partial charge in [-0.1, -0.05) is 65.1 Å². The van der Waals surface area contributed by atoms with Crippen LogP contribution in [0.25, 0.3) is 0 Å². The molecule has 2 aromatic rings. The number of hydrogen-bond acceptors (Lipinski definition) is 4. The standard InChI is InChI=1S/C20H24N4O.2C2H6.Y/c1-14-11-17-7-5-6-8-19(17)24(20(14)25)13-23(4)10-9-18-12-15(2)21-16(3)22-18;2*1-2;/h5-9,12,14H,4,10-11,13H2,1-3H3;2*1-2H3;/q-2;;;. The first-order chi connectivity index (χ1) is 13.9. The van der Waals surface area contributed by atoms with Crippen molar-refractivity contribution in [3.63, 3.8) is 0 Å². The fourth-order valence-corrected chi connectivity index (χ4v) is 3.23. The summed E-state index contributed by atoms with van der Waals surface area (Å²) in [6.45, 7) is 14.9. The number of carbonyl (C=O) groups is 1. The van der Waals surface area contributed by atoms with Crippen molar-refractivity contribution in [3.8, 4) is 0 Å². The fourth-order valence-electron chi connectivity index (χ4n) is 3.23. The molecule has 5 nitrogen and oxygen atoms in total. The zero-order chi connectivity index (χ0) is 22.0. The average molecular weight is 485 g/mol. The summed E-state index contributed by atoms with van der Waals surface area (Å²) in [7, 11) is 4.09. The molecule has 6 heteroatoms. The molecule has 0 saturated heterocycles. The Morgan fingerprint density at radius 2 is 1.80 bits per heavy atom. The molecule has 1 aromatic carbocycles. The van der Waals surface area contributed by atoms with Crippen molar-refractivity contribution in [1.82, 2.24) is 14.9 Å². The Bertz CT molecular complexity index is 761. The Morgan fingerprint density at radius 3 is 2.43 bits per heavy atom. The summed E-state index contributed by atoms with van der Waals surface area (Å²) in [6, 6.07) is 10.0. The molecule has 0 spiro atoms. The SMILES string of the molecule is CC.CC.[CH2-]N(C[CH-]c1cc(C)nc(C)n1)CN1C(=O)C(C)Cc2ccccc21.[Y]. The number of hydrogen-bond donors (Lipinski definition) is 0. The summed E-state index contributed by atoms with van der Waals surface area (Å²) in [6.07, 6.45) is 2.81. The maximum Gasteiger partial charge on any atom is 0.231 e. The summed E-state index contributed by atoms with van der Waals surface area (Å²) in [5.74, 6) is 0.913. The van der Waals surface area contributed by atoms with E-state index >= 15 is 0 Å². The quantitative estimate of drug-likeness (QED) is 0.561.